The maximum absolute atomic E-state index is 12.8. The summed E-state index contributed by atoms with van der Waals surface area (Å²) in [5.41, 5.74) is 7.83. The van der Waals surface area contributed by atoms with E-state index in [1.807, 2.05) is 72.2 Å². The van der Waals surface area contributed by atoms with Gasteiger partial charge in [-0.05, 0) is 65.8 Å². The van der Waals surface area contributed by atoms with Gasteiger partial charge in [0.05, 0.1) is 29.8 Å². The number of benzene rings is 4. The van der Waals surface area contributed by atoms with E-state index in [9.17, 15) is 14.7 Å². The van der Waals surface area contributed by atoms with Gasteiger partial charge in [0.2, 0.25) is 0 Å². The monoisotopic (exact) mass is 675 g/mol. The Labute approximate surface area is 292 Å². The summed E-state index contributed by atoms with van der Waals surface area (Å²) in [6, 6.07) is 32.3. The molecule has 2 saturated heterocycles. The van der Waals surface area contributed by atoms with E-state index in [1.54, 1.807) is 0 Å². The zero-order chi connectivity index (χ0) is 34.5. The van der Waals surface area contributed by atoms with Gasteiger partial charge in [-0.1, -0.05) is 78.9 Å². The lowest BCUT2D eigenvalue weighted by atomic mass is 9.98. The highest BCUT2D eigenvalue weighted by Gasteiger charge is 2.34. The number of aliphatic hydroxyl groups excluding tert-OH is 1. The number of rotatable bonds is 10. The average Bonchev–Trinajstić information content (AvgIpc) is 3.50. The number of para-hydroxylation sites is 2. The molecule has 0 unspecified atom stereocenters. The summed E-state index contributed by atoms with van der Waals surface area (Å²) in [6.45, 7) is 5.46. The lowest BCUT2D eigenvalue weighted by Gasteiger charge is -2.40. The van der Waals surface area contributed by atoms with Crippen LogP contribution in [0.1, 0.15) is 66.9 Å². The molecule has 0 bridgehead atoms. The molecule has 50 heavy (non-hydrogen) atoms. The first-order chi connectivity index (χ1) is 24.5. The van der Waals surface area contributed by atoms with Crippen LogP contribution in [0.25, 0.3) is 22.2 Å². The summed E-state index contributed by atoms with van der Waals surface area (Å²) in [5.74, 6) is 0. The number of carbonyl (C=O) groups is 1. The van der Waals surface area contributed by atoms with Crippen LogP contribution in [0, 0.1) is 0 Å². The van der Waals surface area contributed by atoms with E-state index in [0.29, 0.717) is 19.5 Å². The fraction of sp³-hybridized carbons (Fsp3) is 0.350. The minimum atomic E-state index is -0.541. The Bertz CT molecular complexity index is 1950. The van der Waals surface area contributed by atoms with E-state index < -0.39 is 6.29 Å². The number of fused-ring (bicyclic) bond motifs is 1. The molecule has 0 saturated carbocycles. The summed E-state index contributed by atoms with van der Waals surface area (Å²) in [7, 11) is 0. The van der Waals surface area contributed by atoms with Crippen LogP contribution in [0.3, 0.4) is 0 Å². The van der Waals surface area contributed by atoms with Crippen LogP contribution in [0.4, 0.5) is 4.79 Å². The molecule has 260 valence electrons. The first-order valence-corrected chi connectivity index (χ1v) is 17.6. The van der Waals surface area contributed by atoms with E-state index in [-0.39, 0.29) is 36.6 Å². The van der Waals surface area contributed by atoms with Gasteiger partial charge < -0.3 is 35.1 Å². The number of carbonyl (C=O) groups excluding carboxylic acids is 1. The molecule has 0 spiro atoms. The highest BCUT2D eigenvalue weighted by atomic mass is 16.7. The van der Waals surface area contributed by atoms with Crippen molar-refractivity contribution in [3.05, 3.63) is 130 Å². The summed E-state index contributed by atoms with van der Waals surface area (Å²) in [5, 5.41) is 15.2. The third-order valence-electron chi connectivity index (χ3n) is 9.86. The quantitative estimate of drug-likeness (QED) is 0.140. The fourth-order valence-corrected chi connectivity index (χ4v) is 7.22. The number of piperidine rings is 1. The maximum atomic E-state index is 12.8. The average molecular weight is 676 g/mol. The molecule has 0 radical (unpaired) electrons. The number of amides is 2. The minimum absolute atomic E-state index is 0.000744. The largest absolute Gasteiger partial charge is 0.392 e. The van der Waals surface area contributed by atoms with Crippen LogP contribution in [-0.2, 0) is 22.6 Å². The number of H-pyrrole nitrogens is 1. The van der Waals surface area contributed by atoms with Gasteiger partial charge in [-0.15, -0.1) is 0 Å². The van der Waals surface area contributed by atoms with Gasteiger partial charge in [-0.25, -0.2) is 9.59 Å². The van der Waals surface area contributed by atoms with E-state index >= 15 is 0 Å². The van der Waals surface area contributed by atoms with Gasteiger partial charge in [0.1, 0.15) is 0 Å². The van der Waals surface area contributed by atoms with Crippen molar-refractivity contribution in [1.82, 2.24) is 25.1 Å². The summed E-state index contributed by atoms with van der Waals surface area (Å²) < 4.78 is 15.2. The van der Waals surface area contributed by atoms with Crippen molar-refractivity contribution < 1.29 is 19.4 Å². The zero-order valence-electron chi connectivity index (χ0n) is 28.4. The first-order valence-electron chi connectivity index (χ1n) is 17.6. The molecule has 3 atom stereocenters. The molecule has 4 N–H and O–H groups in total. The first kappa shape index (κ1) is 33.7. The minimum Gasteiger partial charge on any atom is -0.392 e. The normalized spacial score (nSPS) is 20.2. The Hall–Kier alpha value is -4.74. The lowest BCUT2D eigenvalue weighted by molar-refractivity contribution is -0.253. The maximum Gasteiger partial charge on any atom is 0.326 e. The molecule has 5 aromatic rings. The smallest absolute Gasteiger partial charge is 0.326 e. The summed E-state index contributed by atoms with van der Waals surface area (Å²) >= 11 is 0. The lowest BCUT2D eigenvalue weighted by Crippen LogP contribution is -2.43. The predicted octanol–water partition coefficient (Wildman–Crippen LogP) is 6.19. The number of aromatic nitrogens is 2. The number of aliphatic hydroxyl groups is 1. The van der Waals surface area contributed by atoms with Crippen molar-refractivity contribution in [3.63, 3.8) is 0 Å². The van der Waals surface area contributed by atoms with Crippen molar-refractivity contribution in [2.75, 3.05) is 26.2 Å². The number of aromatic amines is 1. The van der Waals surface area contributed by atoms with Gasteiger partial charge in [0.15, 0.2) is 6.29 Å². The second-order valence-corrected chi connectivity index (χ2v) is 13.2. The Morgan fingerprint density at radius 3 is 2.38 bits per heavy atom. The van der Waals surface area contributed by atoms with E-state index in [4.69, 9.17) is 9.47 Å². The van der Waals surface area contributed by atoms with Gasteiger partial charge in [0.25, 0.3) is 0 Å². The molecule has 2 aliphatic rings. The molecule has 1 aromatic heterocycles. The van der Waals surface area contributed by atoms with Crippen LogP contribution in [0.5, 0.6) is 0 Å². The van der Waals surface area contributed by atoms with Crippen LogP contribution in [-0.4, -0.2) is 57.9 Å². The van der Waals surface area contributed by atoms with E-state index in [0.717, 1.165) is 76.9 Å². The number of nitrogens with one attached hydrogen (secondary N) is 3. The predicted molar refractivity (Wildman–Crippen MR) is 193 cm³/mol. The van der Waals surface area contributed by atoms with Crippen molar-refractivity contribution in [1.29, 1.82) is 0 Å². The molecule has 10 nitrogen and oxygen atoms in total. The van der Waals surface area contributed by atoms with Crippen molar-refractivity contribution >= 4 is 17.1 Å². The van der Waals surface area contributed by atoms with Crippen LogP contribution >= 0.6 is 0 Å². The second kappa shape index (κ2) is 15.4. The number of imidazole rings is 1. The number of ether oxygens (including phenoxy) is 2. The number of likely N-dealkylation sites (tertiary alicyclic amines) is 1. The van der Waals surface area contributed by atoms with Crippen molar-refractivity contribution in [3.8, 4) is 11.1 Å². The number of hydrogen-bond donors (Lipinski definition) is 4. The SMILES string of the molecule is CCNC(=O)NCc1cccc(-c2ccc([C@@H]3O[C@H](CN4CCC(n5c(=O)[nH]c6ccccc65)CC4)C[C@H](c4ccc(CO)cc4)O3)cc2)c1. The molecule has 0 aliphatic carbocycles. The number of urea groups is 1. The Morgan fingerprint density at radius 2 is 1.62 bits per heavy atom. The molecular formula is C40H45N5O5. The summed E-state index contributed by atoms with van der Waals surface area (Å²) in [6.07, 6.45) is 1.74. The highest BCUT2D eigenvalue weighted by Crippen LogP contribution is 2.39. The summed E-state index contributed by atoms with van der Waals surface area (Å²) in [4.78, 5) is 30.2. The van der Waals surface area contributed by atoms with Gasteiger partial charge >= 0.3 is 11.7 Å². The Balaban J connectivity index is 1.04. The van der Waals surface area contributed by atoms with Gasteiger partial charge in [-0.2, -0.15) is 0 Å². The standard InChI is InChI=1S/C40H45N5O5/c1-2-41-39(47)42-24-28-6-5-7-32(22-28)29-14-16-31(17-15-29)38-49-34(23-37(50-38)30-12-10-27(26-46)11-13-30)25-44-20-18-33(19-21-44)45-36-9-4-3-8-35(36)43-40(45)48/h3-17,22,33-34,37-38,46H,2,18-21,23-26H2,1H3,(H,43,48)(H2,41,42,47)/t34-,37+,38+/m0/s1. The van der Waals surface area contributed by atoms with E-state index in [1.165, 1.54) is 0 Å². The highest BCUT2D eigenvalue weighted by molar-refractivity contribution is 5.75. The number of hydrogen-bond acceptors (Lipinski definition) is 6. The third kappa shape index (κ3) is 7.69. The van der Waals surface area contributed by atoms with Crippen LogP contribution in [0.2, 0.25) is 0 Å². The zero-order valence-corrected chi connectivity index (χ0v) is 28.4. The molecule has 4 aromatic carbocycles. The molecule has 7 rings (SSSR count). The fourth-order valence-electron chi connectivity index (χ4n) is 7.22. The molecule has 2 fully saturated rings. The molecular weight excluding hydrogens is 630 g/mol. The van der Waals surface area contributed by atoms with Crippen molar-refractivity contribution in [2.24, 2.45) is 0 Å². The van der Waals surface area contributed by atoms with E-state index in [2.05, 4.69) is 56.9 Å². The second-order valence-electron chi connectivity index (χ2n) is 13.2. The van der Waals surface area contributed by atoms with Gasteiger partial charge in [-0.3, -0.25) is 4.57 Å². The van der Waals surface area contributed by atoms with Crippen LogP contribution < -0.4 is 16.3 Å². The van der Waals surface area contributed by atoms with Crippen molar-refractivity contribution in [2.45, 2.75) is 63.9 Å². The molecule has 2 aliphatic heterocycles. The number of nitrogens with zero attached hydrogens (tertiary/aromatic N) is 2. The Kier molecular flexibility index (Phi) is 10.4. The molecule has 2 amide bonds. The third-order valence-corrected chi connectivity index (χ3v) is 9.86. The molecule has 3 heterocycles. The van der Waals surface area contributed by atoms with Gasteiger partial charge in [0, 0.05) is 50.7 Å². The molecule has 10 heteroatoms. The van der Waals surface area contributed by atoms with Crippen LogP contribution in [0.15, 0.2) is 102 Å². The topological polar surface area (TPSA) is 121 Å². The Morgan fingerprint density at radius 1 is 0.860 bits per heavy atom.